The molecule has 136 valence electrons. The predicted octanol–water partition coefficient (Wildman–Crippen LogP) is 3.85. The number of hydrogen-bond donors (Lipinski definition) is 2. The second-order valence-electron chi connectivity index (χ2n) is 7.04. The number of carbonyl (C=O) groups excluding carboxylic acids is 2. The first-order valence-corrected chi connectivity index (χ1v) is 8.86. The first-order chi connectivity index (χ1) is 12.3. The van der Waals surface area contributed by atoms with E-state index in [0.717, 1.165) is 28.1 Å². The molecule has 0 radical (unpaired) electrons. The number of carbonyl (C=O) groups is 2. The van der Waals surface area contributed by atoms with Crippen molar-refractivity contribution in [2.45, 2.75) is 40.2 Å². The standard InChI is InChI=1S/C21H25N3O2/c1-13-8-9-18(10-16(13)4)24-12-17(11-19(24)25)22-21(26)23-20-14(2)6-5-7-15(20)3/h5-10,17H,11-12H2,1-4H3,(H2,22,23,26)/t17-/m0/s1. The molecule has 3 amide bonds. The molecule has 1 saturated heterocycles. The van der Waals surface area contributed by atoms with E-state index in [-0.39, 0.29) is 18.0 Å². The van der Waals surface area contributed by atoms with Crippen LogP contribution in [0.5, 0.6) is 0 Å². The van der Waals surface area contributed by atoms with Gasteiger partial charge in [-0.05, 0) is 62.1 Å². The van der Waals surface area contributed by atoms with Crippen LogP contribution < -0.4 is 15.5 Å². The largest absolute Gasteiger partial charge is 0.333 e. The van der Waals surface area contributed by atoms with Gasteiger partial charge in [-0.15, -0.1) is 0 Å². The Balaban J connectivity index is 1.65. The quantitative estimate of drug-likeness (QED) is 0.882. The summed E-state index contributed by atoms with van der Waals surface area (Å²) in [4.78, 5) is 26.5. The van der Waals surface area contributed by atoms with Gasteiger partial charge in [0.25, 0.3) is 0 Å². The molecule has 1 aliphatic heterocycles. The maximum Gasteiger partial charge on any atom is 0.319 e. The smallest absolute Gasteiger partial charge is 0.319 e. The minimum absolute atomic E-state index is 0.0330. The first kappa shape index (κ1) is 18.0. The molecule has 5 nitrogen and oxygen atoms in total. The third kappa shape index (κ3) is 3.72. The fourth-order valence-electron chi connectivity index (χ4n) is 3.29. The number of amides is 3. The van der Waals surface area contributed by atoms with E-state index < -0.39 is 0 Å². The van der Waals surface area contributed by atoms with E-state index in [2.05, 4.69) is 10.6 Å². The number of urea groups is 1. The van der Waals surface area contributed by atoms with Crippen molar-refractivity contribution in [1.82, 2.24) is 5.32 Å². The Morgan fingerprint density at radius 1 is 1.00 bits per heavy atom. The minimum Gasteiger partial charge on any atom is -0.333 e. The number of para-hydroxylation sites is 1. The zero-order valence-electron chi connectivity index (χ0n) is 15.7. The highest BCUT2D eigenvalue weighted by molar-refractivity contribution is 5.98. The number of anilines is 2. The Morgan fingerprint density at radius 2 is 1.69 bits per heavy atom. The number of aryl methyl sites for hydroxylation is 4. The summed E-state index contributed by atoms with van der Waals surface area (Å²) in [6.45, 7) is 8.49. The highest BCUT2D eigenvalue weighted by Crippen LogP contribution is 2.24. The van der Waals surface area contributed by atoms with Crippen LogP contribution >= 0.6 is 0 Å². The van der Waals surface area contributed by atoms with Crippen LogP contribution in [0.25, 0.3) is 0 Å². The van der Waals surface area contributed by atoms with Gasteiger partial charge in [0.2, 0.25) is 5.91 Å². The Morgan fingerprint density at radius 3 is 2.35 bits per heavy atom. The van der Waals surface area contributed by atoms with Gasteiger partial charge in [0, 0.05) is 24.3 Å². The Hall–Kier alpha value is -2.82. The Labute approximate surface area is 154 Å². The van der Waals surface area contributed by atoms with Crippen LogP contribution in [0.1, 0.15) is 28.7 Å². The van der Waals surface area contributed by atoms with E-state index >= 15 is 0 Å². The van der Waals surface area contributed by atoms with Gasteiger partial charge >= 0.3 is 6.03 Å². The summed E-state index contributed by atoms with van der Waals surface area (Å²) >= 11 is 0. The summed E-state index contributed by atoms with van der Waals surface area (Å²) in [5, 5.41) is 5.84. The SMILES string of the molecule is Cc1ccc(N2C[C@@H](NC(=O)Nc3c(C)cccc3C)CC2=O)cc1C. The summed E-state index contributed by atoms with van der Waals surface area (Å²) in [7, 11) is 0. The molecule has 3 rings (SSSR count). The fourth-order valence-corrected chi connectivity index (χ4v) is 3.29. The molecule has 0 unspecified atom stereocenters. The number of hydrogen-bond acceptors (Lipinski definition) is 2. The molecule has 1 atom stereocenters. The minimum atomic E-state index is -0.276. The summed E-state index contributed by atoms with van der Waals surface area (Å²) < 4.78 is 0. The predicted molar refractivity (Wildman–Crippen MR) is 105 cm³/mol. The molecule has 2 aromatic carbocycles. The molecule has 0 spiro atoms. The topological polar surface area (TPSA) is 61.4 Å². The molecule has 26 heavy (non-hydrogen) atoms. The van der Waals surface area contributed by atoms with Crippen molar-refractivity contribution in [3.05, 3.63) is 58.7 Å². The maximum absolute atomic E-state index is 12.4. The summed E-state index contributed by atoms with van der Waals surface area (Å²) in [6.07, 6.45) is 0.313. The number of nitrogens with zero attached hydrogens (tertiary/aromatic N) is 1. The normalized spacial score (nSPS) is 16.7. The number of nitrogens with one attached hydrogen (secondary N) is 2. The first-order valence-electron chi connectivity index (χ1n) is 8.86. The van der Waals surface area contributed by atoms with Gasteiger partial charge in [0.15, 0.2) is 0 Å². The lowest BCUT2D eigenvalue weighted by Gasteiger charge is -2.19. The third-order valence-corrected chi connectivity index (χ3v) is 4.98. The summed E-state index contributed by atoms with van der Waals surface area (Å²) in [5.74, 6) is 0.0330. The molecule has 0 aromatic heterocycles. The highest BCUT2D eigenvalue weighted by Gasteiger charge is 2.31. The highest BCUT2D eigenvalue weighted by atomic mass is 16.2. The van der Waals surface area contributed by atoms with Crippen LogP contribution in [0.3, 0.4) is 0 Å². The lowest BCUT2D eigenvalue weighted by Crippen LogP contribution is -2.40. The second kappa shape index (κ2) is 7.20. The van der Waals surface area contributed by atoms with Crippen molar-refractivity contribution in [1.29, 1.82) is 0 Å². The molecule has 0 bridgehead atoms. The van der Waals surface area contributed by atoms with Crippen molar-refractivity contribution < 1.29 is 9.59 Å². The summed E-state index contributed by atoms with van der Waals surface area (Å²) in [6, 6.07) is 11.4. The van der Waals surface area contributed by atoms with E-state index in [0.29, 0.717) is 13.0 Å². The van der Waals surface area contributed by atoms with Gasteiger partial charge in [-0.25, -0.2) is 4.79 Å². The summed E-state index contributed by atoms with van der Waals surface area (Å²) in [5.41, 5.74) is 6.08. The Bertz CT molecular complexity index is 840. The fraction of sp³-hybridized carbons (Fsp3) is 0.333. The molecule has 1 aliphatic rings. The lowest BCUT2D eigenvalue weighted by molar-refractivity contribution is -0.117. The third-order valence-electron chi connectivity index (χ3n) is 4.98. The van der Waals surface area contributed by atoms with Crippen LogP contribution in [-0.2, 0) is 4.79 Å². The van der Waals surface area contributed by atoms with Gasteiger partial charge in [-0.3, -0.25) is 4.79 Å². The van der Waals surface area contributed by atoms with E-state index in [9.17, 15) is 9.59 Å². The van der Waals surface area contributed by atoms with Crippen LogP contribution in [0.4, 0.5) is 16.2 Å². The van der Waals surface area contributed by atoms with Crippen LogP contribution in [0.15, 0.2) is 36.4 Å². The molecule has 1 heterocycles. The average Bonchev–Trinajstić information content (AvgIpc) is 2.94. The van der Waals surface area contributed by atoms with Crippen molar-refractivity contribution in [3.8, 4) is 0 Å². The van der Waals surface area contributed by atoms with E-state index in [1.54, 1.807) is 4.90 Å². The molecule has 0 aliphatic carbocycles. The van der Waals surface area contributed by atoms with Crippen molar-refractivity contribution in [3.63, 3.8) is 0 Å². The molecule has 1 fully saturated rings. The molecule has 2 N–H and O–H groups in total. The van der Waals surface area contributed by atoms with Crippen LogP contribution in [0.2, 0.25) is 0 Å². The zero-order valence-corrected chi connectivity index (χ0v) is 15.7. The maximum atomic E-state index is 12.4. The van der Waals surface area contributed by atoms with Gasteiger partial charge in [0.1, 0.15) is 0 Å². The van der Waals surface area contributed by atoms with Crippen LogP contribution in [0, 0.1) is 27.7 Å². The van der Waals surface area contributed by atoms with E-state index in [1.807, 2.05) is 64.1 Å². The van der Waals surface area contributed by atoms with Gasteiger partial charge < -0.3 is 15.5 Å². The van der Waals surface area contributed by atoms with Gasteiger partial charge in [-0.1, -0.05) is 24.3 Å². The number of rotatable bonds is 3. The zero-order chi connectivity index (χ0) is 18.8. The molecule has 2 aromatic rings. The molecule has 5 heteroatoms. The monoisotopic (exact) mass is 351 g/mol. The van der Waals surface area contributed by atoms with Gasteiger partial charge in [-0.2, -0.15) is 0 Å². The molecular formula is C21H25N3O2. The molecule has 0 saturated carbocycles. The number of benzene rings is 2. The van der Waals surface area contributed by atoms with E-state index in [4.69, 9.17) is 0 Å². The van der Waals surface area contributed by atoms with Crippen molar-refractivity contribution in [2.75, 3.05) is 16.8 Å². The van der Waals surface area contributed by atoms with E-state index in [1.165, 1.54) is 5.56 Å². The lowest BCUT2D eigenvalue weighted by atomic mass is 10.1. The second-order valence-corrected chi connectivity index (χ2v) is 7.04. The van der Waals surface area contributed by atoms with Crippen molar-refractivity contribution in [2.24, 2.45) is 0 Å². The molecular weight excluding hydrogens is 326 g/mol. The van der Waals surface area contributed by atoms with Gasteiger partial charge in [0.05, 0.1) is 6.04 Å². The van der Waals surface area contributed by atoms with Crippen molar-refractivity contribution >= 4 is 23.3 Å². The Kier molecular flexibility index (Phi) is 4.98. The van der Waals surface area contributed by atoms with Crippen LogP contribution in [-0.4, -0.2) is 24.5 Å². The average molecular weight is 351 g/mol.